The van der Waals surface area contributed by atoms with Gasteiger partial charge in [0, 0.05) is 5.69 Å². The summed E-state index contributed by atoms with van der Waals surface area (Å²) in [6.07, 6.45) is -0.0225. The largest absolute Gasteiger partial charge is 0.497 e. The van der Waals surface area contributed by atoms with Gasteiger partial charge in [-0.2, -0.15) is 0 Å². The minimum absolute atomic E-state index is 0.0225. The lowest BCUT2D eigenvalue weighted by molar-refractivity contribution is 0.415. The molecular weight excluding hydrogens is 320 g/mol. The lowest BCUT2D eigenvalue weighted by atomic mass is 10.0. The van der Waals surface area contributed by atoms with E-state index in [0.717, 1.165) is 17.0 Å². The van der Waals surface area contributed by atoms with Crippen LogP contribution in [0.25, 0.3) is 0 Å². The number of rotatable bonds is 4. The number of ether oxygens (including phenoxy) is 1. The maximum atomic E-state index is 5.29. The van der Waals surface area contributed by atoms with Crippen LogP contribution in [-0.2, 0) is 0 Å². The predicted octanol–water partition coefficient (Wildman–Crippen LogP) is 5.09. The molecule has 3 aromatic rings. The molecule has 0 radical (unpaired) electrons. The van der Waals surface area contributed by atoms with E-state index in [-0.39, 0.29) is 12.2 Å². The molecule has 1 aliphatic rings. The molecule has 0 saturated heterocycles. The van der Waals surface area contributed by atoms with E-state index in [1.165, 1.54) is 11.3 Å². The number of methoxy groups -OCH3 is 1. The van der Waals surface area contributed by atoms with Crippen LogP contribution in [0.15, 0.2) is 89.9 Å². The molecule has 0 spiro atoms. The lowest BCUT2D eigenvalue weighted by Crippen LogP contribution is -2.34. The van der Waals surface area contributed by atoms with Crippen LogP contribution in [-0.4, -0.2) is 18.9 Å². The molecule has 130 valence electrons. The van der Waals surface area contributed by atoms with Gasteiger partial charge in [0.25, 0.3) is 0 Å². The highest BCUT2D eigenvalue weighted by Crippen LogP contribution is 2.37. The molecule has 2 unspecified atom stereocenters. The van der Waals surface area contributed by atoms with E-state index < -0.39 is 0 Å². The van der Waals surface area contributed by atoms with Gasteiger partial charge in [-0.1, -0.05) is 48.5 Å². The number of benzene rings is 3. The molecule has 1 aliphatic heterocycles. The Kier molecular flexibility index (Phi) is 4.44. The molecule has 3 aromatic carbocycles. The van der Waals surface area contributed by atoms with Gasteiger partial charge in [-0.15, -0.1) is 0 Å². The molecule has 0 fully saturated rings. The highest BCUT2D eigenvalue weighted by atomic mass is 16.5. The Labute approximate surface area is 154 Å². The number of hydrogen-bond donors (Lipinski definition) is 0. The molecule has 0 aliphatic carbocycles. The van der Waals surface area contributed by atoms with Crippen molar-refractivity contribution in [1.82, 2.24) is 0 Å². The van der Waals surface area contributed by atoms with E-state index in [2.05, 4.69) is 72.5 Å². The molecule has 0 amide bonds. The van der Waals surface area contributed by atoms with E-state index in [1.54, 1.807) is 7.11 Å². The first-order chi connectivity index (χ1) is 12.8. The van der Waals surface area contributed by atoms with Gasteiger partial charge >= 0.3 is 0 Å². The van der Waals surface area contributed by atoms with Crippen molar-refractivity contribution in [3.05, 3.63) is 96.1 Å². The topological polar surface area (TPSA) is 24.8 Å². The Hall–Kier alpha value is -3.07. The molecule has 0 aromatic heterocycles. The molecule has 4 rings (SSSR count). The van der Waals surface area contributed by atoms with Crippen molar-refractivity contribution in [3.8, 4) is 5.75 Å². The van der Waals surface area contributed by atoms with E-state index in [4.69, 9.17) is 9.73 Å². The molecule has 0 N–H and O–H groups in total. The van der Waals surface area contributed by atoms with Gasteiger partial charge in [0.05, 0.1) is 18.9 Å². The fourth-order valence-corrected chi connectivity index (χ4v) is 3.55. The predicted molar refractivity (Wildman–Crippen MR) is 107 cm³/mol. The second-order valence-corrected chi connectivity index (χ2v) is 6.45. The molecule has 2 atom stereocenters. The summed E-state index contributed by atoms with van der Waals surface area (Å²) in [5.74, 6) is 0.861. The Bertz CT molecular complexity index is 889. The first-order valence-electron chi connectivity index (χ1n) is 8.88. The molecule has 0 bridgehead atoms. The smallest absolute Gasteiger partial charge is 0.148 e. The van der Waals surface area contributed by atoms with Crippen molar-refractivity contribution in [1.29, 1.82) is 0 Å². The average molecular weight is 342 g/mol. The van der Waals surface area contributed by atoms with Gasteiger partial charge in [0.2, 0.25) is 0 Å². The third-order valence-corrected chi connectivity index (χ3v) is 4.88. The summed E-state index contributed by atoms with van der Waals surface area (Å²) in [6.45, 7) is 2.22. The first-order valence-corrected chi connectivity index (χ1v) is 8.88. The maximum absolute atomic E-state index is 5.29. The second kappa shape index (κ2) is 7.04. The normalized spacial score (nSPS) is 19.3. The number of nitrogens with zero attached hydrogens (tertiary/aromatic N) is 2. The van der Waals surface area contributed by atoms with Crippen molar-refractivity contribution in [3.63, 3.8) is 0 Å². The summed E-state index contributed by atoms with van der Waals surface area (Å²) in [5.41, 5.74) is 4.62. The van der Waals surface area contributed by atoms with Crippen LogP contribution in [0.4, 0.5) is 5.69 Å². The third-order valence-electron chi connectivity index (χ3n) is 4.88. The molecule has 1 heterocycles. The minimum Gasteiger partial charge on any atom is -0.497 e. The first kappa shape index (κ1) is 16.4. The fraction of sp³-hybridized carbons (Fsp3) is 0.174. The van der Waals surface area contributed by atoms with Crippen LogP contribution in [0.2, 0.25) is 0 Å². The lowest BCUT2D eigenvalue weighted by Gasteiger charge is -2.30. The average Bonchev–Trinajstić information content (AvgIpc) is 3.06. The summed E-state index contributed by atoms with van der Waals surface area (Å²) in [7, 11) is 1.69. The van der Waals surface area contributed by atoms with Gasteiger partial charge in [0.15, 0.2) is 0 Å². The van der Waals surface area contributed by atoms with Crippen LogP contribution < -0.4 is 9.64 Å². The molecular formula is C23H22N2O. The summed E-state index contributed by atoms with van der Waals surface area (Å²) >= 11 is 0. The Morgan fingerprint density at radius 2 is 1.42 bits per heavy atom. The highest BCUT2D eigenvalue weighted by molar-refractivity contribution is 6.07. The van der Waals surface area contributed by atoms with Crippen molar-refractivity contribution in [2.45, 2.75) is 19.1 Å². The third kappa shape index (κ3) is 2.97. The van der Waals surface area contributed by atoms with E-state index in [0.29, 0.717) is 0 Å². The number of anilines is 1. The Morgan fingerprint density at radius 1 is 0.808 bits per heavy atom. The summed E-state index contributed by atoms with van der Waals surface area (Å²) in [5, 5.41) is 0. The molecule has 3 heteroatoms. The van der Waals surface area contributed by atoms with Crippen LogP contribution in [0.1, 0.15) is 24.2 Å². The highest BCUT2D eigenvalue weighted by Gasteiger charge is 2.34. The number of aliphatic imine (C=N–C) groups is 1. The van der Waals surface area contributed by atoms with Gasteiger partial charge < -0.3 is 9.64 Å². The van der Waals surface area contributed by atoms with Crippen LogP contribution >= 0.6 is 0 Å². The van der Waals surface area contributed by atoms with E-state index in [1.807, 2.05) is 24.3 Å². The van der Waals surface area contributed by atoms with Crippen molar-refractivity contribution in [2.24, 2.45) is 4.99 Å². The van der Waals surface area contributed by atoms with E-state index in [9.17, 15) is 0 Å². The van der Waals surface area contributed by atoms with Crippen LogP contribution in [0, 0.1) is 0 Å². The summed E-state index contributed by atoms with van der Waals surface area (Å²) < 4.78 is 5.29. The standard InChI is InChI=1S/C23H22N2O/c1-17-22(18-13-15-21(26-2)16-14-18)24-23(19-9-5-3-6-10-19)25(17)20-11-7-4-8-12-20/h3-17,23H,1-2H3. The van der Waals surface area contributed by atoms with E-state index >= 15 is 0 Å². The van der Waals surface area contributed by atoms with Gasteiger partial charge in [0.1, 0.15) is 11.9 Å². The minimum atomic E-state index is -0.0225. The molecule has 26 heavy (non-hydrogen) atoms. The van der Waals surface area contributed by atoms with Crippen LogP contribution in [0.5, 0.6) is 5.75 Å². The quantitative estimate of drug-likeness (QED) is 0.659. The molecule has 3 nitrogen and oxygen atoms in total. The number of hydrogen-bond acceptors (Lipinski definition) is 3. The fourth-order valence-electron chi connectivity index (χ4n) is 3.55. The van der Waals surface area contributed by atoms with Crippen molar-refractivity contribution >= 4 is 11.4 Å². The SMILES string of the molecule is COc1ccc(C2=NC(c3ccccc3)N(c3ccccc3)C2C)cc1. The van der Waals surface area contributed by atoms with Crippen molar-refractivity contribution in [2.75, 3.05) is 12.0 Å². The summed E-state index contributed by atoms with van der Waals surface area (Å²) in [4.78, 5) is 7.51. The van der Waals surface area contributed by atoms with Gasteiger partial charge in [-0.05, 0) is 54.4 Å². The van der Waals surface area contributed by atoms with Gasteiger partial charge in [-0.3, -0.25) is 4.99 Å². The summed E-state index contributed by atoms with van der Waals surface area (Å²) in [6, 6.07) is 29.3. The zero-order valence-electron chi connectivity index (χ0n) is 15.0. The second-order valence-electron chi connectivity index (χ2n) is 6.45. The Morgan fingerprint density at radius 3 is 2.04 bits per heavy atom. The van der Waals surface area contributed by atoms with Crippen molar-refractivity contribution < 1.29 is 4.74 Å². The van der Waals surface area contributed by atoms with Gasteiger partial charge in [-0.25, -0.2) is 0 Å². The monoisotopic (exact) mass is 342 g/mol. The Balaban J connectivity index is 1.77. The maximum Gasteiger partial charge on any atom is 0.148 e. The number of para-hydroxylation sites is 1. The zero-order valence-corrected chi connectivity index (χ0v) is 15.0. The van der Waals surface area contributed by atoms with Crippen LogP contribution in [0.3, 0.4) is 0 Å². The molecule has 0 saturated carbocycles. The zero-order chi connectivity index (χ0) is 17.9.